The van der Waals surface area contributed by atoms with Gasteiger partial charge < -0.3 is 23.4 Å². The van der Waals surface area contributed by atoms with Gasteiger partial charge in [0.15, 0.2) is 12.2 Å². The molecule has 1 aliphatic heterocycles. The lowest BCUT2D eigenvalue weighted by molar-refractivity contribution is -0.155. The van der Waals surface area contributed by atoms with Crippen molar-refractivity contribution < 1.29 is 23.2 Å². The monoisotopic (exact) mass is 397 g/mol. The summed E-state index contributed by atoms with van der Waals surface area (Å²) in [5.41, 5.74) is 1.57. The molecule has 1 amide bonds. The highest BCUT2D eigenvalue weighted by Crippen LogP contribution is 2.26. The van der Waals surface area contributed by atoms with E-state index in [0.717, 1.165) is 11.1 Å². The second kappa shape index (κ2) is 8.38. The first-order chi connectivity index (χ1) is 14.1. The molecule has 1 aromatic carbocycles. The number of furan rings is 1. The molecule has 8 heteroatoms. The Morgan fingerprint density at radius 3 is 2.72 bits per heavy atom. The molecule has 8 nitrogen and oxygen atoms in total. The molecule has 2 aromatic heterocycles. The largest absolute Gasteiger partial charge is 0.467 e. The molecule has 1 saturated heterocycles. The fourth-order valence-electron chi connectivity index (χ4n) is 3.39. The number of benzene rings is 1. The predicted molar refractivity (Wildman–Crippen MR) is 105 cm³/mol. The van der Waals surface area contributed by atoms with Gasteiger partial charge in [0, 0.05) is 20.1 Å². The minimum Gasteiger partial charge on any atom is -0.467 e. The Balaban J connectivity index is 1.24. The number of hydrogen-bond acceptors (Lipinski definition) is 7. The third-order valence-corrected chi connectivity index (χ3v) is 5.12. The first-order valence-electron chi connectivity index (χ1n) is 9.63. The van der Waals surface area contributed by atoms with Gasteiger partial charge in [-0.15, -0.1) is 0 Å². The number of aromatic nitrogens is 1. The van der Waals surface area contributed by atoms with Gasteiger partial charge in [0.25, 0.3) is 11.9 Å². The zero-order chi connectivity index (χ0) is 20.2. The van der Waals surface area contributed by atoms with Crippen molar-refractivity contribution in [2.75, 3.05) is 31.6 Å². The van der Waals surface area contributed by atoms with Crippen LogP contribution >= 0.6 is 0 Å². The Hall–Kier alpha value is -3.29. The molecule has 0 N–H and O–H groups in total. The molecule has 0 bridgehead atoms. The first-order valence-corrected chi connectivity index (χ1v) is 9.63. The first kappa shape index (κ1) is 19.0. The maximum atomic E-state index is 12.4. The van der Waals surface area contributed by atoms with E-state index in [9.17, 15) is 9.59 Å². The van der Waals surface area contributed by atoms with E-state index in [0.29, 0.717) is 44.3 Å². The van der Waals surface area contributed by atoms with Crippen LogP contribution in [-0.4, -0.2) is 48.5 Å². The van der Waals surface area contributed by atoms with E-state index >= 15 is 0 Å². The number of nitrogens with zero attached hydrogens (tertiary/aromatic N) is 3. The van der Waals surface area contributed by atoms with E-state index in [1.54, 1.807) is 25.4 Å². The van der Waals surface area contributed by atoms with Gasteiger partial charge in [0.1, 0.15) is 11.3 Å². The summed E-state index contributed by atoms with van der Waals surface area (Å²) in [4.78, 5) is 32.5. The zero-order valence-corrected chi connectivity index (χ0v) is 16.2. The number of rotatable bonds is 6. The number of anilines is 1. The summed E-state index contributed by atoms with van der Waals surface area (Å²) in [6.45, 7) is 1.38. The highest BCUT2D eigenvalue weighted by Gasteiger charge is 2.29. The van der Waals surface area contributed by atoms with Gasteiger partial charge in [0.2, 0.25) is 0 Å². The van der Waals surface area contributed by atoms with Crippen LogP contribution < -0.4 is 4.90 Å². The number of carbonyl (C=O) groups excluding carboxylic acids is 2. The summed E-state index contributed by atoms with van der Waals surface area (Å²) in [5.74, 6) is -0.141. The van der Waals surface area contributed by atoms with Crippen molar-refractivity contribution in [1.82, 2.24) is 9.88 Å². The smallest absolute Gasteiger partial charge is 0.309 e. The van der Waals surface area contributed by atoms with Crippen molar-refractivity contribution in [2.24, 2.45) is 5.92 Å². The lowest BCUT2D eigenvalue weighted by Gasteiger charge is -2.29. The number of piperidine rings is 1. The van der Waals surface area contributed by atoms with Crippen molar-refractivity contribution in [3.8, 4) is 0 Å². The molecule has 3 heterocycles. The molecule has 0 unspecified atom stereocenters. The lowest BCUT2D eigenvalue weighted by Crippen LogP contribution is -2.38. The highest BCUT2D eigenvalue weighted by atomic mass is 16.5. The van der Waals surface area contributed by atoms with Crippen LogP contribution in [0.5, 0.6) is 0 Å². The lowest BCUT2D eigenvalue weighted by atomic mass is 9.97. The topological polar surface area (TPSA) is 89.0 Å². The van der Waals surface area contributed by atoms with E-state index in [4.69, 9.17) is 13.6 Å². The number of ether oxygens (including phenoxy) is 1. The Bertz CT molecular complexity index is 940. The van der Waals surface area contributed by atoms with Crippen molar-refractivity contribution in [3.63, 3.8) is 0 Å². The number of para-hydroxylation sites is 2. The number of esters is 1. The van der Waals surface area contributed by atoms with Crippen LogP contribution in [0.1, 0.15) is 18.6 Å². The van der Waals surface area contributed by atoms with Crippen LogP contribution in [0.2, 0.25) is 0 Å². The summed E-state index contributed by atoms with van der Waals surface area (Å²) in [5, 5.41) is 0. The van der Waals surface area contributed by atoms with Gasteiger partial charge in [-0.1, -0.05) is 12.1 Å². The van der Waals surface area contributed by atoms with E-state index < -0.39 is 0 Å². The van der Waals surface area contributed by atoms with Gasteiger partial charge in [-0.2, -0.15) is 4.98 Å². The van der Waals surface area contributed by atoms with Crippen molar-refractivity contribution in [1.29, 1.82) is 0 Å². The predicted octanol–water partition coefficient (Wildman–Crippen LogP) is 2.84. The standard InChI is InChI=1S/C21H23N3O5/c1-23(13-16-5-4-12-27-16)19(25)14-28-20(26)15-8-10-24(11-9-15)21-22-17-6-2-3-7-18(17)29-21/h2-7,12,15H,8-11,13-14H2,1H3. The van der Waals surface area contributed by atoms with Crippen molar-refractivity contribution in [2.45, 2.75) is 19.4 Å². The van der Waals surface area contributed by atoms with Gasteiger partial charge in [0.05, 0.1) is 18.7 Å². The molecular weight excluding hydrogens is 374 g/mol. The second-order valence-corrected chi connectivity index (χ2v) is 7.16. The summed E-state index contributed by atoms with van der Waals surface area (Å²) in [7, 11) is 1.65. The molecule has 0 radical (unpaired) electrons. The average Bonchev–Trinajstić information content (AvgIpc) is 3.41. The third kappa shape index (κ3) is 4.42. The van der Waals surface area contributed by atoms with E-state index in [1.165, 1.54) is 4.90 Å². The molecule has 0 saturated carbocycles. The molecule has 0 aliphatic carbocycles. The highest BCUT2D eigenvalue weighted by molar-refractivity contribution is 5.81. The number of fused-ring (bicyclic) bond motifs is 1. The SMILES string of the molecule is CN(Cc1ccco1)C(=O)COC(=O)C1CCN(c2nc3ccccc3o2)CC1. The minimum absolute atomic E-state index is 0.223. The average molecular weight is 397 g/mol. The second-order valence-electron chi connectivity index (χ2n) is 7.16. The van der Waals surface area contributed by atoms with Crippen LogP contribution in [0.3, 0.4) is 0 Å². The summed E-state index contributed by atoms with van der Waals surface area (Å²) in [6, 6.07) is 11.8. The summed E-state index contributed by atoms with van der Waals surface area (Å²) < 4.78 is 16.3. The van der Waals surface area contributed by atoms with E-state index in [2.05, 4.69) is 4.98 Å². The number of likely N-dealkylation sites (N-methyl/N-ethyl adjacent to an activating group) is 1. The fourth-order valence-corrected chi connectivity index (χ4v) is 3.39. The molecule has 0 atom stereocenters. The number of hydrogen-bond donors (Lipinski definition) is 0. The molecule has 0 spiro atoms. The van der Waals surface area contributed by atoms with Gasteiger partial charge in [-0.25, -0.2) is 0 Å². The summed E-state index contributed by atoms with van der Waals surface area (Å²) >= 11 is 0. The normalized spacial score (nSPS) is 14.9. The van der Waals surface area contributed by atoms with Crippen LogP contribution in [0.15, 0.2) is 51.5 Å². The maximum absolute atomic E-state index is 12.4. The van der Waals surface area contributed by atoms with Crippen molar-refractivity contribution >= 4 is 29.0 Å². The van der Waals surface area contributed by atoms with E-state index in [1.807, 2.05) is 29.2 Å². The molecule has 1 aliphatic rings. The molecular formula is C21H23N3O5. The molecule has 3 aromatic rings. The number of carbonyl (C=O) groups is 2. The maximum Gasteiger partial charge on any atom is 0.309 e. The van der Waals surface area contributed by atoms with Crippen LogP contribution in [0.25, 0.3) is 11.1 Å². The quantitative estimate of drug-likeness (QED) is 0.591. The third-order valence-electron chi connectivity index (χ3n) is 5.12. The van der Waals surface area contributed by atoms with Gasteiger partial charge >= 0.3 is 5.97 Å². The fraction of sp³-hybridized carbons (Fsp3) is 0.381. The Kier molecular flexibility index (Phi) is 5.50. The Labute approximate surface area is 168 Å². The Morgan fingerprint density at radius 1 is 1.21 bits per heavy atom. The zero-order valence-electron chi connectivity index (χ0n) is 16.2. The van der Waals surface area contributed by atoms with Gasteiger partial charge in [-0.3, -0.25) is 9.59 Å². The van der Waals surface area contributed by atoms with Crippen molar-refractivity contribution in [3.05, 3.63) is 48.4 Å². The minimum atomic E-state index is -0.332. The molecule has 1 fully saturated rings. The number of oxazole rings is 1. The van der Waals surface area contributed by atoms with Crippen LogP contribution in [-0.2, 0) is 20.9 Å². The van der Waals surface area contributed by atoms with E-state index in [-0.39, 0.29) is 24.4 Å². The molecule has 29 heavy (non-hydrogen) atoms. The summed E-state index contributed by atoms with van der Waals surface area (Å²) in [6.07, 6.45) is 2.82. The number of amides is 1. The van der Waals surface area contributed by atoms with Crippen LogP contribution in [0, 0.1) is 5.92 Å². The molecule has 4 rings (SSSR count). The van der Waals surface area contributed by atoms with Gasteiger partial charge in [-0.05, 0) is 37.1 Å². The Morgan fingerprint density at radius 2 is 2.00 bits per heavy atom. The molecule has 152 valence electrons. The van der Waals surface area contributed by atoms with Crippen LogP contribution in [0.4, 0.5) is 6.01 Å².